The first-order chi connectivity index (χ1) is 7.75. The molecule has 1 fully saturated rings. The number of rotatable bonds is 0. The van der Waals surface area contributed by atoms with Crippen LogP contribution in [0, 0.1) is 11.8 Å². The molecule has 3 atom stereocenters. The SMILES string of the molecule is C[C@H]1C[C@H]2CCc3ccccc3[C@H]2NC1=O. The van der Waals surface area contributed by atoms with E-state index >= 15 is 0 Å². The number of hydrogen-bond acceptors (Lipinski definition) is 1. The minimum absolute atomic E-state index is 0.187. The van der Waals surface area contributed by atoms with Crippen LogP contribution in [-0.2, 0) is 11.2 Å². The van der Waals surface area contributed by atoms with Crippen LogP contribution in [0.3, 0.4) is 0 Å². The second kappa shape index (κ2) is 3.62. The first-order valence-electron chi connectivity index (χ1n) is 6.14. The molecule has 0 spiro atoms. The topological polar surface area (TPSA) is 29.1 Å². The van der Waals surface area contributed by atoms with Gasteiger partial charge in [0.25, 0.3) is 0 Å². The molecule has 84 valence electrons. The van der Waals surface area contributed by atoms with Crippen molar-refractivity contribution in [3.8, 4) is 0 Å². The Labute approximate surface area is 96.1 Å². The van der Waals surface area contributed by atoms with E-state index in [1.54, 1.807) is 0 Å². The molecule has 2 nitrogen and oxygen atoms in total. The van der Waals surface area contributed by atoms with Gasteiger partial charge < -0.3 is 5.32 Å². The summed E-state index contributed by atoms with van der Waals surface area (Å²) in [5.41, 5.74) is 2.76. The number of carbonyl (C=O) groups is 1. The highest BCUT2D eigenvalue weighted by atomic mass is 16.2. The van der Waals surface area contributed by atoms with Crippen molar-refractivity contribution in [2.75, 3.05) is 0 Å². The Kier molecular flexibility index (Phi) is 2.23. The molecule has 1 heterocycles. The number of fused-ring (bicyclic) bond motifs is 3. The van der Waals surface area contributed by atoms with Crippen LogP contribution < -0.4 is 5.32 Å². The average Bonchev–Trinajstić information content (AvgIpc) is 2.31. The van der Waals surface area contributed by atoms with Crippen molar-refractivity contribution < 1.29 is 4.79 Å². The number of nitrogens with one attached hydrogen (secondary N) is 1. The van der Waals surface area contributed by atoms with Crippen LogP contribution in [0.2, 0.25) is 0 Å². The largest absolute Gasteiger partial charge is 0.349 e. The molecular formula is C14H17NO. The van der Waals surface area contributed by atoms with E-state index in [-0.39, 0.29) is 17.9 Å². The summed E-state index contributed by atoms with van der Waals surface area (Å²) in [6.45, 7) is 2.03. The fraction of sp³-hybridized carbons (Fsp3) is 0.500. The lowest BCUT2D eigenvalue weighted by molar-refractivity contribution is -0.129. The molecule has 0 radical (unpaired) electrons. The third-order valence-electron chi connectivity index (χ3n) is 4.05. The predicted molar refractivity (Wildman–Crippen MR) is 62.9 cm³/mol. The summed E-state index contributed by atoms with van der Waals surface area (Å²) in [5.74, 6) is 1.05. The Morgan fingerprint density at radius 3 is 3.00 bits per heavy atom. The molecule has 1 N–H and O–H groups in total. The molecule has 3 rings (SSSR count). The maximum atomic E-state index is 11.7. The molecule has 2 heteroatoms. The Bertz CT molecular complexity index is 426. The van der Waals surface area contributed by atoms with Crippen LogP contribution in [0.5, 0.6) is 0 Å². The highest BCUT2D eigenvalue weighted by molar-refractivity contribution is 5.79. The van der Waals surface area contributed by atoms with Crippen molar-refractivity contribution in [1.29, 1.82) is 0 Å². The summed E-state index contributed by atoms with van der Waals surface area (Å²) in [6, 6.07) is 8.80. The fourth-order valence-electron chi connectivity index (χ4n) is 3.13. The number of amides is 1. The molecule has 1 aliphatic heterocycles. The van der Waals surface area contributed by atoms with E-state index in [2.05, 4.69) is 29.6 Å². The van der Waals surface area contributed by atoms with E-state index in [9.17, 15) is 4.79 Å². The molecule has 1 aromatic rings. The summed E-state index contributed by atoms with van der Waals surface area (Å²) >= 11 is 0. The van der Waals surface area contributed by atoms with Crippen LogP contribution >= 0.6 is 0 Å². The van der Waals surface area contributed by atoms with Gasteiger partial charge in [0.1, 0.15) is 0 Å². The molecule has 0 aromatic heterocycles. The zero-order valence-corrected chi connectivity index (χ0v) is 9.57. The van der Waals surface area contributed by atoms with Gasteiger partial charge in [-0.25, -0.2) is 0 Å². The Hall–Kier alpha value is -1.31. The Morgan fingerprint density at radius 1 is 1.31 bits per heavy atom. The van der Waals surface area contributed by atoms with Gasteiger partial charge in [0, 0.05) is 5.92 Å². The van der Waals surface area contributed by atoms with Gasteiger partial charge in [0.2, 0.25) is 5.91 Å². The van der Waals surface area contributed by atoms with Crippen molar-refractivity contribution in [2.24, 2.45) is 11.8 Å². The predicted octanol–water partition coefficient (Wildman–Crippen LogP) is 2.45. The van der Waals surface area contributed by atoms with Crippen molar-refractivity contribution in [2.45, 2.75) is 32.2 Å². The fourth-order valence-corrected chi connectivity index (χ4v) is 3.13. The molecule has 1 aromatic carbocycles. The molecule has 2 aliphatic rings. The summed E-state index contributed by atoms with van der Waals surface area (Å²) in [6.07, 6.45) is 3.43. The monoisotopic (exact) mass is 215 g/mol. The van der Waals surface area contributed by atoms with Crippen molar-refractivity contribution in [3.63, 3.8) is 0 Å². The van der Waals surface area contributed by atoms with E-state index in [4.69, 9.17) is 0 Å². The lowest BCUT2D eigenvalue weighted by atomic mass is 9.73. The van der Waals surface area contributed by atoms with Gasteiger partial charge in [-0.15, -0.1) is 0 Å². The number of carbonyl (C=O) groups excluding carboxylic acids is 1. The van der Waals surface area contributed by atoms with Crippen molar-refractivity contribution in [1.82, 2.24) is 5.32 Å². The van der Waals surface area contributed by atoms with E-state index in [1.807, 2.05) is 6.92 Å². The van der Waals surface area contributed by atoms with Gasteiger partial charge in [0.05, 0.1) is 6.04 Å². The number of piperidine rings is 1. The molecule has 0 saturated carbocycles. The lowest BCUT2D eigenvalue weighted by Gasteiger charge is -2.39. The third-order valence-corrected chi connectivity index (χ3v) is 4.05. The smallest absolute Gasteiger partial charge is 0.223 e. The average molecular weight is 215 g/mol. The second-order valence-electron chi connectivity index (χ2n) is 5.12. The highest BCUT2D eigenvalue weighted by Gasteiger charge is 2.37. The number of hydrogen-bond donors (Lipinski definition) is 1. The standard InChI is InChI=1S/C14H17NO/c1-9-8-11-7-6-10-4-2-3-5-12(10)13(11)15-14(9)16/h2-5,9,11,13H,6-8H2,1H3,(H,15,16)/t9-,11+,13-/m0/s1. The van der Waals surface area contributed by atoms with Gasteiger partial charge >= 0.3 is 0 Å². The molecular weight excluding hydrogens is 198 g/mol. The van der Waals surface area contributed by atoms with Gasteiger partial charge in [-0.2, -0.15) is 0 Å². The Balaban J connectivity index is 1.97. The maximum Gasteiger partial charge on any atom is 0.223 e. The van der Waals surface area contributed by atoms with E-state index in [0.717, 1.165) is 6.42 Å². The number of aryl methyl sites for hydroxylation is 1. The summed E-state index contributed by atoms with van der Waals surface area (Å²) in [4.78, 5) is 11.7. The molecule has 1 amide bonds. The van der Waals surface area contributed by atoms with E-state index < -0.39 is 0 Å². The first-order valence-corrected chi connectivity index (χ1v) is 6.14. The summed E-state index contributed by atoms with van der Waals surface area (Å²) < 4.78 is 0. The van der Waals surface area contributed by atoms with Crippen LogP contribution in [0.25, 0.3) is 0 Å². The van der Waals surface area contributed by atoms with Gasteiger partial charge in [0.15, 0.2) is 0 Å². The Morgan fingerprint density at radius 2 is 2.12 bits per heavy atom. The quantitative estimate of drug-likeness (QED) is 0.707. The second-order valence-corrected chi connectivity index (χ2v) is 5.12. The minimum atomic E-state index is 0.187. The molecule has 1 aliphatic carbocycles. The zero-order valence-electron chi connectivity index (χ0n) is 9.57. The first kappa shape index (κ1) is 9.88. The molecule has 1 saturated heterocycles. The van der Waals surface area contributed by atoms with E-state index in [1.165, 1.54) is 24.0 Å². The summed E-state index contributed by atoms with van der Waals surface area (Å²) in [5, 5.41) is 3.19. The van der Waals surface area contributed by atoms with Crippen LogP contribution in [0.4, 0.5) is 0 Å². The summed E-state index contributed by atoms with van der Waals surface area (Å²) in [7, 11) is 0. The van der Waals surface area contributed by atoms with Crippen LogP contribution in [-0.4, -0.2) is 5.91 Å². The minimum Gasteiger partial charge on any atom is -0.349 e. The van der Waals surface area contributed by atoms with Gasteiger partial charge in [-0.1, -0.05) is 31.2 Å². The molecule has 16 heavy (non-hydrogen) atoms. The number of benzene rings is 1. The van der Waals surface area contributed by atoms with Crippen LogP contribution in [0.1, 0.15) is 36.9 Å². The zero-order chi connectivity index (χ0) is 11.1. The molecule has 0 unspecified atom stereocenters. The maximum absolute atomic E-state index is 11.7. The van der Waals surface area contributed by atoms with Crippen molar-refractivity contribution in [3.05, 3.63) is 35.4 Å². The highest BCUT2D eigenvalue weighted by Crippen LogP contribution is 2.40. The third kappa shape index (κ3) is 1.44. The van der Waals surface area contributed by atoms with Crippen LogP contribution in [0.15, 0.2) is 24.3 Å². The molecule has 0 bridgehead atoms. The van der Waals surface area contributed by atoms with Gasteiger partial charge in [-0.05, 0) is 36.3 Å². The normalized spacial score (nSPS) is 32.6. The van der Waals surface area contributed by atoms with E-state index in [0.29, 0.717) is 5.92 Å². The van der Waals surface area contributed by atoms with Gasteiger partial charge in [-0.3, -0.25) is 4.79 Å². The lowest BCUT2D eigenvalue weighted by Crippen LogP contribution is -2.45. The van der Waals surface area contributed by atoms with Crippen molar-refractivity contribution >= 4 is 5.91 Å².